The summed E-state index contributed by atoms with van der Waals surface area (Å²) in [4.78, 5) is 16.7. The summed E-state index contributed by atoms with van der Waals surface area (Å²) in [7, 11) is 1.65. The van der Waals surface area contributed by atoms with Gasteiger partial charge in [-0.15, -0.1) is 10.2 Å². The topological polar surface area (TPSA) is 58.6 Å². The number of aromatic nitrogens is 2. The maximum atomic E-state index is 12.7. The summed E-state index contributed by atoms with van der Waals surface area (Å²) in [6.45, 7) is 4.86. The first-order valence-electron chi connectivity index (χ1n) is 9.73. The zero-order valence-electron chi connectivity index (χ0n) is 16.7. The first-order chi connectivity index (χ1) is 14.1. The lowest BCUT2D eigenvalue weighted by atomic mass is 10.1. The molecule has 6 heteroatoms. The molecule has 148 valence electrons. The molecule has 0 atom stereocenters. The number of piperazine rings is 1. The number of methoxy groups -OCH3 is 1. The van der Waals surface area contributed by atoms with Crippen molar-refractivity contribution >= 4 is 11.7 Å². The van der Waals surface area contributed by atoms with E-state index in [1.165, 1.54) is 0 Å². The molecule has 1 fully saturated rings. The molecule has 1 aromatic heterocycles. The third kappa shape index (κ3) is 4.21. The van der Waals surface area contributed by atoms with Crippen molar-refractivity contribution in [3.63, 3.8) is 0 Å². The number of aryl methyl sites for hydroxylation is 1. The summed E-state index contributed by atoms with van der Waals surface area (Å²) < 4.78 is 5.19. The molecular weight excluding hydrogens is 364 g/mol. The lowest BCUT2D eigenvalue weighted by Gasteiger charge is -2.35. The highest BCUT2D eigenvalue weighted by Gasteiger charge is 2.23. The number of carbonyl (C=O) groups is 1. The van der Waals surface area contributed by atoms with Gasteiger partial charge in [0.05, 0.1) is 12.8 Å². The van der Waals surface area contributed by atoms with Gasteiger partial charge in [0.15, 0.2) is 5.82 Å². The molecule has 1 saturated heterocycles. The normalized spacial score (nSPS) is 14.0. The van der Waals surface area contributed by atoms with E-state index in [1.54, 1.807) is 7.11 Å². The van der Waals surface area contributed by atoms with Crippen LogP contribution in [0.5, 0.6) is 5.75 Å². The summed E-state index contributed by atoms with van der Waals surface area (Å²) in [6, 6.07) is 19.5. The number of carbonyl (C=O) groups excluding carboxylic acids is 1. The number of benzene rings is 2. The van der Waals surface area contributed by atoms with Gasteiger partial charge in [0, 0.05) is 37.3 Å². The Morgan fingerprint density at radius 3 is 2.14 bits per heavy atom. The first kappa shape index (κ1) is 18.9. The molecule has 4 rings (SSSR count). The Labute approximate surface area is 170 Å². The van der Waals surface area contributed by atoms with Crippen LogP contribution in [-0.4, -0.2) is 54.3 Å². The Morgan fingerprint density at radius 2 is 1.55 bits per heavy atom. The zero-order valence-corrected chi connectivity index (χ0v) is 16.7. The van der Waals surface area contributed by atoms with Crippen LogP contribution in [0, 0.1) is 6.92 Å². The standard InChI is InChI=1S/C23H24N4O2/c1-17-3-5-19(6-4-17)23(28)27-15-13-26(14-16-27)22-12-11-21(24-25-22)18-7-9-20(29-2)10-8-18/h3-12H,13-16H2,1-2H3. The van der Waals surface area contributed by atoms with Gasteiger partial charge in [-0.1, -0.05) is 17.7 Å². The van der Waals surface area contributed by atoms with E-state index in [1.807, 2.05) is 72.5 Å². The minimum Gasteiger partial charge on any atom is -0.497 e. The molecule has 0 unspecified atom stereocenters. The number of amides is 1. The second-order valence-corrected chi connectivity index (χ2v) is 7.15. The van der Waals surface area contributed by atoms with E-state index in [-0.39, 0.29) is 5.91 Å². The predicted molar refractivity (Wildman–Crippen MR) is 113 cm³/mol. The molecule has 6 nitrogen and oxygen atoms in total. The SMILES string of the molecule is COc1ccc(-c2ccc(N3CCN(C(=O)c4ccc(C)cc4)CC3)nn2)cc1. The average Bonchev–Trinajstić information content (AvgIpc) is 2.79. The summed E-state index contributed by atoms with van der Waals surface area (Å²) >= 11 is 0. The van der Waals surface area contributed by atoms with E-state index in [0.717, 1.165) is 47.0 Å². The summed E-state index contributed by atoms with van der Waals surface area (Å²) in [5.41, 5.74) is 3.72. The van der Waals surface area contributed by atoms with Crippen molar-refractivity contribution in [1.29, 1.82) is 0 Å². The van der Waals surface area contributed by atoms with Crippen molar-refractivity contribution in [2.24, 2.45) is 0 Å². The van der Waals surface area contributed by atoms with Crippen molar-refractivity contribution < 1.29 is 9.53 Å². The average molecular weight is 388 g/mol. The van der Waals surface area contributed by atoms with E-state index in [2.05, 4.69) is 15.1 Å². The van der Waals surface area contributed by atoms with Gasteiger partial charge in [0.25, 0.3) is 5.91 Å². The van der Waals surface area contributed by atoms with Gasteiger partial charge >= 0.3 is 0 Å². The lowest BCUT2D eigenvalue weighted by molar-refractivity contribution is 0.0746. The highest BCUT2D eigenvalue weighted by molar-refractivity contribution is 5.94. The van der Waals surface area contributed by atoms with Crippen molar-refractivity contribution in [3.05, 3.63) is 71.8 Å². The Hall–Kier alpha value is -3.41. The van der Waals surface area contributed by atoms with Crippen molar-refractivity contribution in [3.8, 4) is 17.0 Å². The molecule has 0 spiro atoms. The maximum absolute atomic E-state index is 12.7. The molecule has 0 saturated carbocycles. The number of rotatable bonds is 4. The van der Waals surface area contributed by atoms with E-state index in [0.29, 0.717) is 13.1 Å². The zero-order chi connectivity index (χ0) is 20.2. The molecule has 0 bridgehead atoms. The predicted octanol–water partition coefficient (Wildman–Crippen LogP) is 3.42. The van der Waals surface area contributed by atoms with Gasteiger partial charge in [-0.05, 0) is 55.5 Å². The summed E-state index contributed by atoms with van der Waals surface area (Å²) in [6.07, 6.45) is 0. The molecule has 2 heterocycles. The highest BCUT2D eigenvalue weighted by atomic mass is 16.5. The van der Waals surface area contributed by atoms with Crippen molar-refractivity contribution in [1.82, 2.24) is 15.1 Å². The van der Waals surface area contributed by atoms with Gasteiger partial charge in [0.1, 0.15) is 5.75 Å². The fourth-order valence-corrected chi connectivity index (χ4v) is 3.43. The Balaban J connectivity index is 1.38. The maximum Gasteiger partial charge on any atom is 0.253 e. The van der Waals surface area contributed by atoms with Gasteiger partial charge < -0.3 is 14.5 Å². The van der Waals surface area contributed by atoms with Crippen LogP contribution in [0.15, 0.2) is 60.7 Å². The fraction of sp³-hybridized carbons (Fsp3) is 0.261. The van der Waals surface area contributed by atoms with Crippen LogP contribution in [0.4, 0.5) is 5.82 Å². The van der Waals surface area contributed by atoms with Crippen LogP contribution in [0.25, 0.3) is 11.3 Å². The molecular formula is C23H24N4O2. The molecule has 1 amide bonds. The van der Waals surface area contributed by atoms with Crippen LogP contribution in [0.1, 0.15) is 15.9 Å². The quantitative estimate of drug-likeness (QED) is 0.685. The van der Waals surface area contributed by atoms with E-state index < -0.39 is 0 Å². The minimum absolute atomic E-state index is 0.0885. The molecule has 0 N–H and O–H groups in total. The highest BCUT2D eigenvalue weighted by Crippen LogP contribution is 2.22. The van der Waals surface area contributed by atoms with Gasteiger partial charge in [0.2, 0.25) is 0 Å². The Kier molecular flexibility index (Phi) is 5.42. The molecule has 1 aliphatic rings. The number of hydrogen-bond acceptors (Lipinski definition) is 5. The first-order valence-corrected chi connectivity index (χ1v) is 9.73. The monoisotopic (exact) mass is 388 g/mol. The van der Waals surface area contributed by atoms with Gasteiger partial charge in [-0.2, -0.15) is 0 Å². The lowest BCUT2D eigenvalue weighted by Crippen LogP contribution is -2.49. The van der Waals surface area contributed by atoms with Gasteiger partial charge in [-0.25, -0.2) is 0 Å². The van der Waals surface area contributed by atoms with Crippen LogP contribution in [-0.2, 0) is 0 Å². The van der Waals surface area contributed by atoms with Crippen LogP contribution < -0.4 is 9.64 Å². The minimum atomic E-state index is 0.0885. The molecule has 0 aliphatic carbocycles. The third-order valence-electron chi connectivity index (χ3n) is 5.23. The van der Waals surface area contributed by atoms with Crippen molar-refractivity contribution in [2.75, 3.05) is 38.2 Å². The Morgan fingerprint density at radius 1 is 0.862 bits per heavy atom. The number of anilines is 1. The number of hydrogen-bond donors (Lipinski definition) is 0. The molecule has 3 aromatic rings. The third-order valence-corrected chi connectivity index (χ3v) is 5.23. The summed E-state index contributed by atoms with van der Waals surface area (Å²) in [5, 5.41) is 8.78. The molecule has 29 heavy (non-hydrogen) atoms. The van der Waals surface area contributed by atoms with E-state index in [9.17, 15) is 4.79 Å². The van der Waals surface area contributed by atoms with E-state index >= 15 is 0 Å². The van der Waals surface area contributed by atoms with Crippen LogP contribution >= 0.6 is 0 Å². The van der Waals surface area contributed by atoms with Gasteiger partial charge in [-0.3, -0.25) is 4.79 Å². The van der Waals surface area contributed by atoms with Crippen LogP contribution in [0.3, 0.4) is 0 Å². The molecule has 0 radical (unpaired) electrons. The van der Waals surface area contributed by atoms with Crippen molar-refractivity contribution in [2.45, 2.75) is 6.92 Å². The van der Waals surface area contributed by atoms with E-state index in [4.69, 9.17) is 4.74 Å². The number of nitrogens with zero attached hydrogens (tertiary/aromatic N) is 4. The largest absolute Gasteiger partial charge is 0.497 e. The summed E-state index contributed by atoms with van der Waals surface area (Å²) in [5.74, 6) is 1.74. The molecule has 2 aromatic carbocycles. The smallest absolute Gasteiger partial charge is 0.253 e. The fourth-order valence-electron chi connectivity index (χ4n) is 3.43. The Bertz CT molecular complexity index is 961. The van der Waals surface area contributed by atoms with Crippen LogP contribution in [0.2, 0.25) is 0 Å². The second-order valence-electron chi connectivity index (χ2n) is 7.15. The molecule has 1 aliphatic heterocycles. The second kappa shape index (κ2) is 8.31. The number of ether oxygens (including phenoxy) is 1.